The molecule has 1 aliphatic heterocycles. The first-order chi connectivity index (χ1) is 14.5. The van der Waals surface area contributed by atoms with E-state index in [1.807, 2.05) is 60.7 Å². The topological polar surface area (TPSA) is 99.8 Å². The number of ether oxygens (including phenoxy) is 1. The van der Waals surface area contributed by atoms with Crippen LogP contribution in [0.3, 0.4) is 0 Å². The van der Waals surface area contributed by atoms with Gasteiger partial charge in [0.15, 0.2) is 0 Å². The van der Waals surface area contributed by atoms with Gasteiger partial charge in [0.05, 0.1) is 5.69 Å². The van der Waals surface area contributed by atoms with E-state index in [4.69, 9.17) is 4.74 Å². The standard InChI is InChI=1S/C22H26N4O4/c1-16(23-22(29)30-15-17-9-4-2-5-10-17)21(28)26-14-8-13-19(26)20(27)25-24-18-11-6-3-7-12-18/h2-7,9-12,16,19,24H,8,13-15H2,1H3,(H,23,29)(H,25,27)/t16-,19-/m0/s1. The summed E-state index contributed by atoms with van der Waals surface area (Å²) >= 11 is 0. The zero-order valence-corrected chi connectivity index (χ0v) is 16.8. The number of carbonyl (C=O) groups excluding carboxylic acids is 3. The third-order valence-corrected chi connectivity index (χ3v) is 4.86. The van der Waals surface area contributed by atoms with Crippen molar-refractivity contribution < 1.29 is 19.1 Å². The van der Waals surface area contributed by atoms with Crippen LogP contribution in [0.1, 0.15) is 25.3 Å². The summed E-state index contributed by atoms with van der Waals surface area (Å²) in [6.07, 6.45) is 0.616. The van der Waals surface area contributed by atoms with Crippen LogP contribution in [0.4, 0.5) is 10.5 Å². The third kappa shape index (κ3) is 5.73. The molecule has 0 aliphatic carbocycles. The van der Waals surface area contributed by atoms with Crippen molar-refractivity contribution in [3.05, 3.63) is 66.2 Å². The molecule has 1 fully saturated rings. The van der Waals surface area contributed by atoms with Crippen LogP contribution in [0.2, 0.25) is 0 Å². The summed E-state index contributed by atoms with van der Waals surface area (Å²) in [5, 5.41) is 2.54. The Bertz CT molecular complexity index is 860. The number of hydrazine groups is 1. The van der Waals surface area contributed by atoms with Gasteiger partial charge in [-0.05, 0) is 37.5 Å². The van der Waals surface area contributed by atoms with E-state index in [9.17, 15) is 14.4 Å². The van der Waals surface area contributed by atoms with Gasteiger partial charge in [0.25, 0.3) is 5.91 Å². The average Bonchev–Trinajstić information content (AvgIpc) is 3.27. The van der Waals surface area contributed by atoms with Crippen molar-refractivity contribution in [3.8, 4) is 0 Å². The van der Waals surface area contributed by atoms with Crippen LogP contribution in [0.5, 0.6) is 0 Å². The van der Waals surface area contributed by atoms with Gasteiger partial charge in [-0.15, -0.1) is 0 Å². The third-order valence-electron chi connectivity index (χ3n) is 4.86. The van der Waals surface area contributed by atoms with Crippen LogP contribution in [0.15, 0.2) is 60.7 Å². The van der Waals surface area contributed by atoms with Gasteiger partial charge in [-0.25, -0.2) is 4.79 Å². The van der Waals surface area contributed by atoms with Crippen LogP contribution < -0.4 is 16.2 Å². The van der Waals surface area contributed by atoms with E-state index in [2.05, 4.69) is 16.2 Å². The molecule has 3 amide bonds. The van der Waals surface area contributed by atoms with Crippen molar-refractivity contribution >= 4 is 23.6 Å². The van der Waals surface area contributed by atoms with E-state index in [1.54, 1.807) is 6.92 Å². The fourth-order valence-electron chi connectivity index (χ4n) is 3.29. The number of para-hydroxylation sites is 1. The van der Waals surface area contributed by atoms with Crippen LogP contribution in [0.25, 0.3) is 0 Å². The van der Waals surface area contributed by atoms with Crippen molar-refractivity contribution in [2.45, 2.75) is 38.5 Å². The number of nitrogens with one attached hydrogen (secondary N) is 3. The number of benzene rings is 2. The van der Waals surface area contributed by atoms with Crippen molar-refractivity contribution in [2.24, 2.45) is 0 Å². The molecule has 1 saturated heterocycles. The van der Waals surface area contributed by atoms with E-state index in [0.29, 0.717) is 13.0 Å². The van der Waals surface area contributed by atoms with E-state index in [1.165, 1.54) is 4.90 Å². The summed E-state index contributed by atoms with van der Waals surface area (Å²) in [4.78, 5) is 38.9. The molecule has 8 nitrogen and oxygen atoms in total. The van der Waals surface area contributed by atoms with Crippen molar-refractivity contribution in [1.82, 2.24) is 15.6 Å². The molecule has 0 spiro atoms. The number of carbonyl (C=O) groups is 3. The number of likely N-dealkylation sites (tertiary alicyclic amines) is 1. The number of hydrogen-bond acceptors (Lipinski definition) is 5. The van der Waals surface area contributed by atoms with Crippen LogP contribution in [-0.2, 0) is 20.9 Å². The molecule has 0 radical (unpaired) electrons. The second kappa shape index (κ2) is 10.3. The number of rotatable bonds is 7. The molecule has 158 valence electrons. The summed E-state index contributed by atoms with van der Waals surface area (Å²) in [6.45, 7) is 2.17. The van der Waals surface area contributed by atoms with Gasteiger partial charge < -0.3 is 15.0 Å². The second-order valence-electron chi connectivity index (χ2n) is 7.10. The quantitative estimate of drug-likeness (QED) is 0.609. The minimum Gasteiger partial charge on any atom is -0.445 e. The molecule has 2 aromatic carbocycles. The van der Waals surface area contributed by atoms with E-state index in [-0.39, 0.29) is 18.4 Å². The highest BCUT2D eigenvalue weighted by Gasteiger charge is 2.36. The van der Waals surface area contributed by atoms with Gasteiger partial charge in [0, 0.05) is 6.54 Å². The zero-order chi connectivity index (χ0) is 21.3. The van der Waals surface area contributed by atoms with Gasteiger partial charge in [-0.1, -0.05) is 48.5 Å². The predicted molar refractivity (Wildman–Crippen MR) is 112 cm³/mol. The molecule has 3 rings (SSSR count). The lowest BCUT2D eigenvalue weighted by molar-refractivity contribution is -0.139. The molecular weight excluding hydrogens is 384 g/mol. The van der Waals surface area contributed by atoms with E-state index >= 15 is 0 Å². The lowest BCUT2D eigenvalue weighted by atomic mass is 10.2. The summed E-state index contributed by atoms with van der Waals surface area (Å²) in [7, 11) is 0. The van der Waals surface area contributed by atoms with Crippen LogP contribution >= 0.6 is 0 Å². The first kappa shape index (κ1) is 21.2. The van der Waals surface area contributed by atoms with Gasteiger partial charge in [0.1, 0.15) is 18.7 Å². The van der Waals surface area contributed by atoms with Crippen molar-refractivity contribution in [3.63, 3.8) is 0 Å². The van der Waals surface area contributed by atoms with Gasteiger partial charge >= 0.3 is 6.09 Å². The summed E-state index contributed by atoms with van der Waals surface area (Å²) < 4.78 is 5.16. The predicted octanol–water partition coefficient (Wildman–Crippen LogP) is 2.44. The fourth-order valence-corrected chi connectivity index (χ4v) is 3.29. The van der Waals surface area contributed by atoms with Crippen LogP contribution in [0, 0.1) is 0 Å². The number of hydrogen-bond donors (Lipinski definition) is 3. The highest BCUT2D eigenvalue weighted by Crippen LogP contribution is 2.19. The molecule has 8 heteroatoms. The molecule has 0 saturated carbocycles. The molecule has 1 heterocycles. The maximum Gasteiger partial charge on any atom is 0.408 e. The molecule has 2 atom stereocenters. The summed E-state index contributed by atoms with van der Waals surface area (Å²) in [6, 6.07) is 17.1. The lowest BCUT2D eigenvalue weighted by Gasteiger charge is -2.27. The first-order valence-electron chi connectivity index (χ1n) is 9.93. The smallest absolute Gasteiger partial charge is 0.408 e. The minimum absolute atomic E-state index is 0.119. The Kier molecular flexibility index (Phi) is 7.26. The van der Waals surface area contributed by atoms with Crippen molar-refractivity contribution in [2.75, 3.05) is 12.0 Å². The fraction of sp³-hybridized carbons (Fsp3) is 0.318. The molecule has 30 heavy (non-hydrogen) atoms. The van der Waals surface area contributed by atoms with Gasteiger partial charge in [-0.3, -0.25) is 20.4 Å². The largest absolute Gasteiger partial charge is 0.445 e. The Morgan fingerprint density at radius 2 is 1.73 bits per heavy atom. The van der Waals surface area contributed by atoms with Gasteiger partial charge in [0.2, 0.25) is 5.91 Å². The maximum absolute atomic E-state index is 12.8. The van der Waals surface area contributed by atoms with Crippen molar-refractivity contribution in [1.29, 1.82) is 0 Å². The lowest BCUT2D eigenvalue weighted by Crippen LogP contribution is -2.53. The number of alkyl carbamates (subject to hydrolysis) is 1. The Balaban J connectivity index is 1.48. The molecule has 0 bridgehead atoms. The Morgan fingerprint density at radius 1 is 1.07 bits per heavy atom. The van der Waals surface area contributed by atoms with Gasteiger partial charge in [-0.2, -0.15) is 0 Å². The van der Waals surface area contributed by atoms with Crippen LogP contribution in [-0.4, -0.2) is 41.4 Å². The molecular formula is C22H26N4O4. The SMILES string of the molecule is C[C@H](NC(=O)OCc1ccccc1)C(=O)N1CCC[C@H]1C(=O)NNc1ccccc1. The summed E-state index contributed by atoms with van der Waals surface area (Å²) in [5.41, 5.74) is 7.10. The monoisotopic (exact) mass is 410 g/mol. The van der Waals surface area contributed by atoms with E-state index in [0.717, 1.165) is 17.7 Å². The highest BCUT2D eigenvalue weighted by atomic mass is 16.5. The zero-order valence-electron chi connectivity index (χ0n) is 16.8. The Morgan fingerprint density at radius 3 is 2.43 bits per heavy atom. The first-order valence-corrected chi connectivity index (χ1v) is 9.93. The molecule has 0 aromatic heterocycles. The van der Waals surface area contributed by atoms with E-state index < -0.39 is 18.2 Å². The Labute approximate surface area is 175 Å². The molecule has 0 unspecified atom stereocenters. The molecule has 1 aliphatic rings. The number of amides is 3. The number of anilines is 1. The molecule has 3 N–H and O–H groups in total. The highest BCUT2D eigenvalue weighted by molar-refractivity contribution is 5.92. The molecule has 2 aromatic rings. The minimum atomic E-state index is -0.802. The second-order valence-corrected chi connectivity index (χ2v) is 7.10. The summed E-state index contributed by atoms with van der Waals surface area (Å²) in [5.74, 6) is -0.604. The number of nitrogens with zero attached hydrogens (tertiary/aromatic N) is 1. The normalized spacial score (nSPS) is 16.4. The maximum atomic E-state index is 12.8. The Hall–Kier alpha value is -3.55. The average molecular weight is 410 g/mol.